The Morgan fingerprint density at radius 3 is 2.38 bits per heavy atom. The van der Waals surface area contributed by atoms with Gasteiger partial charge in [0.25, 0.3) is 0 Å². The lowest BCUT2D eigenvalue weighted by molar-refractivity contribution is -0.138. The molecule has 2 fully saturated rings. The minimum atomic E-state index is -3.71. The molecular formula is C23H35N3O5S. The van der Waals surface area contributed by atoms with E-state index in [0.717, 1.165) is 32.4 Å². The molecule has 178 valence electrons. The van der Waals surface area contributed by atoms with E-state index in [9.17, 15) is 18.0 Å². The van der Waals surface area contributed by atoms with Gasteiger partial charge in [0.1, 0.15) is 11.8 Å². The zero-order valence-electron chi connectivity index (χ0n) is 19.2. The largest absolute Gasteiger partial charge is 0.497 e. The minimum Gasteiger partial charge on any atom is -0.497 e. The first-order chi connectivity index (χ1) is 15.3. The first-order valence-corrected chi connectivity index (χ1v) is 12.9. The standard InChI is InChI=1S/C23H35N3O5S/c1-4-17(2)21(23(28)25-13-5-6-14-25)24-22(27)18-8-7-15-26(16-18)32(29,30)20-11-9-19(31-3)10-12-20/h9-12,17-18,21H,4-8,13-16H2,1-3H3,(H,24,27)/t17-,18?,21+/m0/s1. The van der Waals surface area contributed by atoms with E-state index in [4.69, 9.17) is 4.74 Å². The van der Waals surface area contributed by atoms with Crippen molar-refractivity contribution < 1.29 is 22.7 Å². The summed E-state index contributed by atoms with van der Waals surface area (Å²) < 4.78 is 32.7. The number of hydrogen-bond acceptors (Lipinski definition) is 5. The quantitative estimate of drug-likeness (QED) is 0.635. The number of carbonyl (C=O) groups excluding carboxylic acids is 2. The van der Waals surface area contributed by atoms with Crippen LogP contribution in [-0.4, -0.2) is 68.8 Å². The topological polar surface area (TPSA) is 96.0 Å². The maximum atomic E-state index is 13.1. The van der Waals surface area contributed by atoms with E-state index in [1.54, 1.807) is 12.1 Å². The fourth-order valence-electron chi connectivity index (χ4n) is 4.36. The van der Waals surface area contributed by atoms with Crippen molar-refractivity contribution in [1.29, 1.82) is 0 Å². The highest BCUT2D eigenvalue weighted by Gasteiger charge is 2.37. The molecule has 9 heteroatoms. The van der Waals surface area contributed by atoms with Gasteiger partial charge in [0.05, 0.1) is 17.9 Å². The second kappa shape index (κ2) is 10.7. The molecule has 2 amide bonds. The zero-order valence-corrected chi connectivity index (χ0v) is 20.1. The van der Waals surface area contributed by atoms with Crippen LogP contribution in [0.15, 0.2) is 29.2 Å². The molecule has 0 radical (unpaired) electrons. The predicted octanol–water partition coefficient (Wildman–Crippen LogP) is 2.25. The molecule has 1 aromatic carbocycles. The summed E-state index contributed by atoms with van der Waals surface area (Å²) >= 11 is 0. The summed E-state index contributed by atoms with van der Waals surface area (Å²) in [6.07, 6.45) is 3.96. The normalized spacial score (nSPS) is 21.7. The smallest absolute Gasteiger partial charge is 0.245 e. The lowest BCUT2D eigenvalue weighted by Crippen LogP contribution is -2.54. The average molecular weight is 466 g/mol. The maximum absolute atomic E-state index is 13.1. The van der Waals surface area contributed by atoms with Crippen molar-refractivity contribution in [2.45, 2.75) is 56.9 Å². The molecule has 0 spiro atoms. The van der Waals surface area contributed by atoms with Crippen molar-refractivity contribution in [3.8, 4) is 5.75 Å². The molecule has 2 saturated heterocycles. The van der Waals surface area contributed by atoms with Crippen molar-refractivity contribution in [1.82, 2.24) is 14.5 Å². The number of sulfonamides is 1. The van der Waals surface area contributed by atoms with Crippen LogP contribution in [0, 0.1) is 11.8 Å². The van der Waals surface area contributed by atoms with Crippen molar-refractivity contribution in [3.63, 3.8) is 0 Å². The highest BCUT2D eigenvalue weighted by molar-refractivity contribution is 7.89. The number of likely N-dealkylation sites (tertiary alicyclic amines) is 1. The highest BCUT2D eigenvalue weighted by Crippen LogP contribution is 2.26. The van der Waals surface area contributed by atoms with Crippen molar-refractivity contribution >= 4 is 21.8 Å². The first-order valence-electron chi connectivity index (χ1n) is 11.5. The van der Waals surface area contributed by atoms with Gasteiger partial charge in [0.2, 0.25) is 21.8 Å². The summed E-state index contributed by atoms with van der Waals surface area (Å²) in [5.74, 6) is -0.149. The van der Waals surface area contributed by atoms with Gasteiger partial charge >= 0.3 is 0 Å². The van der Waals surface area contributed by atoms with Crippen LogP contribution in [0.3, 0.4) is 0 Å². The summed E-state index contributed by atoms with van der Waals surface area (Å²) in [5.41, 5.74) is 0. The molecule has 0 aliphatic carbocycles. The van der Waals surface area contributed by atoms with E-state index in [1.165, 1.54) is 23.5 Å². The van der Waals surface area contributed by atoms with E-state index in [1.807, 2.05) is 18.7 Å². The number of nitrogens with one attached hydrogen (secondary N) is 1. The summed E-state index contributed by atoms with van der Waals surface area (Å²) in [7, 11) is -2.18. The van der Waals surface area contributed by atoms with Crippen molar-refractivity contribution in [2.24, 2.45) is 11.8 Å². The van der Waals surface area contributed by atoms with Gasteiger partial charge in [-0.15, -0.1) is 0 Å². The molecule has 0 aromatic heterocycles. The van der Waals surface area contributed by atoms with Crippen molar-refractivity contribution in [2.75, 3.05) is 33.3 Å². The van der Waals surface area contributed by atoms with E-state index in [2.05, 4.69) is 5.32 Å². The molecule has 2 aliphatic rings. The third-order valence-electron chi connectivity index (χ3n) is 6.65. The van der Waals surface area contributed by atoms with E-state index in [0.29, 0.717) is 25.1 Å². The monoisotopic (exact) mass is 465 g/mol. The molecule has 0 bridgehead atoms. The van der Waals surface area contributed by atoms with E-state index in [-0.39, 0.29) is 29.2 Å². The fraction of sp³-hybridized carbons (Fsp3) is 0.652. The number of carbonyl (C=O) groups is 2. The SMILES string of the molecule is CC[C@H](C)[C@@H](NC(=O)C1CCCN(S(=O)(=O)c2ccc(OC)cc2)C1)C(=O)N1CCCC1. The third-order valence-corrected chi connectivity index (χ3v) is 8.53. The summed E-state index contributed by atoms with van der Waals surface area (Å²) in [6.45, 7) is 5.94. The van der Waals surface area contributed by atoms with E-state index < -0.39 is 22.0 Å². The van der Waals surface area contributed by atoms with Crippen LogP contribution >= 0.6 is 0 Å². The Morgan fingerprint density at radius 2 is 1.78 bits per heavy atom. The number of rotatable bonds is 8. The lowest BCUT2D eigenvalue weighted by atomic mass is 9.94. The molecule has 2 heterocycles. The van der Waals surface area contributed by atoms with Crippen molar-refractivity contribution in [3.05, 3.63) is 24.3 Å². The maximum Gasteiger partial charge on any atom is 0.245 e. The van der Waals surface area contributed by atoms with Gasteiger partial charge in [-0.05, 0) is 55.9 Å². The van der Waals surface area contributed by atoms with Gasteiger partial charge in [-0.25, -0.2) is 8.42 Å². The highest BCUT2D eigenvalue weighted by atomic mass is 32.2. The second-order valence-corrected chi connectivity index (χ2v) is 10.7. The van der Waals surface area contributed by atoms with Crippen LogP contribution in [0.1, 0.15) is 46.0 Å². The lowest BCUT2D eigenvalue weighted by Gasteiger charge is -2.33. The van der Waals surface area contributed by atoms with Crippen LogP contribution in [0.2, 0.25) is 0 Å². The number of nitrogens with zero attached hydrogens (tertiary/aromatic N) is 2. The molecule has 3 atom stereocenters. The number of hydrogen-bond donors (Lipinski definition) is 1. The summed E-state index contributed by atoms with van der Waals surface area (Å²) in [5, 5.41) is 2.97. The average Bonchev–Trinajstić information content (AvgIpc) is 3.36. The van der Waals surface area contributed by atoms with Gasteiger partial charge in [-0.1, -0.05) is 20.3 Å². The molecular weight excluding hydrogens is 430 g/mol. The van der Waals surface area contributed by atoms with E-state index >= 15 is 0 Å². The number of amides is 2. The number of piperidine rings is 1. The van der Waals surface area contributed by atoms with Crippen LogP contribution in [0.25, 0.3) is 0 Å². The Morgan fingerprint density at radius 1 is 1.12 bits per heavy atom. The van der Waals surface area contributed by atoms with Gasteiger partial charge in [-0.3, -0.25) is 9.59 Å². The second-order valence-electron chi connectivity index (χ2n) is 8.78. The van der Waals surface area contributed by atoms with Gasteiger partial charge in [-0.2, -0.15) is 4.31 Å². The third kappa shape index (κ3) is 5.43. The zero-order chi connectivity index (χ0) is 23.3. The molecule has 1 aromatic rings. The molecule has 2 aliphatic heterocycles. The Hall–Kier alpha value is -2.13. The summed E-state index contributed by atoms with van der Waals surface area (Å²) in [4.78, 5) is 28.2. The number of benzene rings is 1. The number of ether oxygens (including phenoxy) is 1. The number of methoxy groups -OCH3 is 1. The summed E-state index contributed by atoms with van der Waals surface area (Å²) in [6, 6.07) is 5.69. The van der Waals surface area contributed by atoms with Crippen LogP contribution in [-0.2, 0) is 19.6 Å². The molecule has 1 N–H and O–H groups in total. The molecule has 3 rings (SSSR count). The molecule has 32 heavy (non-hydrogen) atoms. The Balaban J connectivity index is 1.69. The van der Waals surface area contributed by atoms with Crippen LogP contribution in [0.5, 0.6) is 5.75 Å². The minimum absolute atomic E-state index is 0.00905. The molecule has 8 nitrogen and oxygen atoms in total. The predicted molar refractivity (Wildman–Crippen MR) is 122 cm³/mol. The van der Waals surface area contributed by atoms with Crippen LogP contribution in [0.4, 0.5) is 0 Å². The Kier molecular flexibility index (Phi) is 8.16. The van der Waals surface area contributed by atoms with Gasteiger partial charge in [0, 0.05) is 26.2 Å². The fourth-order valence-corrected chi connectivity index (χ4v) is 5.88. The van der Waals surface area contributed by atoms with Gasteiger partial charge < -0.3 is 15.0 Å². The Bertz CT molecular complexity index is 897. The molecule has 0 saturated carbocycles. The van der Waals surface area contributed by atoms with Crippen LogP contribution < -0.4 is 10.1 Å². The van der Waals surface area contributed by atoms with Gasteiger partial charge in [0.15, 0.2) is 0 Å². The first kappa shape index (κ1) is 24.5. The molecule has 1 unspecified atom stereocenters. The Labute approximate surface area is 191 Å².